The number of halogens is 1. The van der Waals surface area contributed by atoms with Crippen LogP contribution in [-0.2, 0) is 6.42 Å². The van der Waals surface area contributed by atoms with Crippen molar-refractivity contribution in [3.8, 4) is 5.75 Å². The second kappa shape index (κ2) is 7.93. The summed E-state index contributed by atoms with van der Waals surface area (Å²) in [6, 6.07) is 16.9. The summed E-state index contributed by atoms with van der Waals surface area (Å²) in [5.74, 6) is 1.00. The fraction of sp³-hybridized carbons (Fsp3) is 0.294. The summed E-state index contributed by atoms with van der Waals surface area (Å²) in [6.07, 6.45) is 0.950. The van der Waals surface area contributed by atoms with Crippen LogP contribution >= 0.6 is 0 Å². The van der Waals surface area contributed by atoms with Crippen LogP contribution in [0.5, 0.6) is 5.75 Å². The van der Waals surface area contributed by atoms with Crippen molar-refractivity contribution in [2.75, 3.05) is 6.61 Å². The quantitative estimate of drug-likeness (QED) is 0.795. The number of ether oxygens (including phenoxy) is 1. The normalized spacial score (nSPS) is 11.6. The topological polar surface area (TPSA) is 36.9 Å². The highest BCUT2D eigenvalue weighted by atomic mass is 35.5. The maximum absolute atomic E-state index is 5.94. The van der Waals surface area contributed by atoms with Gasteiger partial charge in [-0.2, -0.15) is 0 Å². The molecule has 2 rings (SSSR count). The van der Waals surface area contributed by atoms with Gasteiger partial charge in [0.1, 0.15) is 18.4 Å². The monoisotopic (exact) mass is 291 g/mol. The second-order valence-corrected chi connectivity index (χ2v) is 5.09. The summed E-state index contributed by atoms with van der Waals surface area (Å²) in [5.41, 5.74) is 7.87. The number of hydrogen-bond donors (Lipinski definition) is 1. The van der Waals surface area contributed by atoms with Gasteiger partial charge in [0.15, 0.2) is 0 Å². The van der Waals surface area contributed by atoms with E-state index in [-0.39, 0.29) is 18.4 Å². The lowest BCUT2D eigenvalue weighted by Crippen LogP contribution is -3.00. The molecule has 0 aliphatic rings. The molecular formula is C17H22ClNO. The summed E-state index contributed by atoms with van der Waals surface area (Å²) in [4.78, 5) is 0. The first-order valence-corrected chi connectivity index (χ1v) is 6.73. The van der Waals surface area contributed by atoms with E-state index in [4.69, 9.17) is 4.74 Å². The Morgan fingerprint density at radius 2 is 1.55 bits per heavy atom. The van der Waals surface area contributed by atoms with E-state index in [9.17, 15) is 0 Å². The van der Waals surface area contributed by atoms with E-state index in [1.807, 2.05) is 6.07 Å². The highest BCUT2D eigenvalue weighted by Crippen LogP contribution is 2.22. The van der Waals surface area contributed by atoms with Gasteiger partial charge in [-0.15, -0.1) is 0 Å². The predicted molar refractivity (Wildman–Crippen MR) is 78.2 cm³/mol. The zero-order valence-corrected chi connectivity index (χ0v) is 12.9. The minimum absolute atomic E-state index is 0. The maximum Gasteiger partial charge on any atom is 0.140 e. The third-order valence-corrected chi connectivity index (χ3v) is 3.24. The standard InChI is InChI=1S/C17H21NO.ClH/c1-13-7-6-8-14(2)17(13)19-12-16(18)11-15-9-4-3-5-10-15;/h3-10,16H,11-12,18H2,1-2H3;1H. The Hall–Kier alpha value is -1.51. The molecule has 2 aromatic rings. The third-order valence-electron chi connectivity index (χ3n) is 3.24. The number of rotatable bonds is 5. The SMILES string of the molecule is Cc1cccc(C)c1OCC([NH3+])Cc1ccccc1.[Cl-]. The Kier molecular flexibility index (Phi) is 6.56. The summed E-state index contributed by atoms with van der Waals surface area (Å²) in [5, 5.41) is 0. The number of hydrogen-bond acceptors (Lipinski definition) is 1. The lowest BCUT2D eigenvalue weighted by Gasteiger charge is -2.14. The average Bonchev–Trinajstić information content (AvgIpc) is 2.39. The van der Waals surface area contributed by atoms with Gasteiger partial charge in [0.2, 0.25) is 0 Å². The molecule has 1 unspecified atom stereocenters. The van der Waals surface area contributed by atoms with Crippen LogP contribution in [0.25, 0.3) is 0 Å². The summed E-state index contributed by atoms with van der Waals surface area (Å²) >= 11 is 0. The highest BCUT2D eigenvalue weighted by Gasteiger charge is 2.10. The van der Waals surface area contributed by atoms with Crippen molar-refractivity contribution in [2.45, 2.75) is 26.3 Å². The van der Waals surface area contributed by atoms with Crippen molar-refractivity contribution in [3.05, 3.63) is 65.2 Å². The number of para-hydroxylation sites is 1. The van der Waals surface area contributed by atoms with Crippen LogP contribution in [0.4, 0.5) is 0 Å². The molecule has 3 heteroatoms. The van der Waals surface area contributed by atoms with Crippen LogP contribution in [0.1, 0.15) is 16.7 Å². The number of quaternary nitrogens is 1. The van der Waals surface area contributed by atoms with Crippen molar-refractivity contribution in [1.82, 2.24) is 0 Å². The molecule has 20 heavy (non-hydrogen) atoms. The smallest absolute Gasteiger partial charge is 0.140 e. The van der Waals surface area contributed by atoms with Crippen LogP contribution in [0.15, 0.2) is 48.5 Å². The first-order chi connectivity index (χ1) is 9.16. The molecule has 2 aromatic carbocycles. The van der Waals surface area contributed by atoms with E-state index in [0.29, 0.717) is 6.61 Å². The van der Waals surface area contributed by atoms with Gasteiger partial charge in [-0.25, -0.2) is 0 Å². The average molecular weight is 292 g/mol. The van der Waals surface area contributed by atoms with Crippen LogP contribution in [0.3, 0.4) is 0 Å². The Morgan fingerprint density at radius 3 is 2.15 bits per heavy atom. The van der Waals surface area contributed by atoms with Crippen molar-refractivity contribution in [2.24, 2.45) is 0 Å². The minimum Gasteiger partial charge on any atom is -1.00 e. The van der Waals surface area contributed by atoms with Gasteiger partial charge < -0.3 is 22.9 Å². The summed E-state index contributed by atoms with van der Waals surface area (Å²) in [6.45, 7) is 4.82. The first kappa shape index (κ1) is 16.5. The lowest BCUT2D eigenvalue weighted by atomic mass is 10.1. The Labute approximate surface area is 127 Å². The van der Waals surface area contributed by atoms with Crippen molar-refractivity contribution in [3.63, 3.8) is 0 Å². The lowest BCUT2D eigenvalue weighted by molar-refractivity contribution is -0.423. The van der Waals surface area contributed by atoms with Crippen LogP contribution in [0, 0.1) is 13.8 Å². The Balaban J connectivity index is 0.00000200. The van der Waals surface area contributed by atoms with Gasteiger partial charge in [-0.05, 0) is 30.5 Å². The largest absolute Gasteiger partial charge is 1.00 e. The predicted octanol–water partition coefficient (Wildman–Crippen LogP) is -0.461. The molecular weight excluding hydrogens is 270 g/mol. The minimum atomic E-state index is 0. The third kappa shape index (κ3) is 4.55. The van der Waals surface area contributed by atoms with Crippen molar-refractivity contribution in [1.29, 1.82) is 0 Å². The number of aryl methyl sites for hydroxylation is 2. The van der Waals surface area contributed by atoms with Gasteiger partial charge in [-0.1, -0.05) is 48.5 Å². The van der Waals surface area contributed by atoms with Crippen LogP contribution < -0.4 is 22.9 Å². The highest BCUT2D eigenvalue weighted by molar-refractivity contribution is 5.39. The van der Waals surface area contributed by atoms with Gasteiger partial charge >= 0.3 is 0 Å². The Morgan fingerprint density at radius 1 is 0.950 bits per heavy atom. The van der Waals surface area contributed by atoms with E-state index < -0.39 is 0 Å². The molecule has 1 atom stereocenters. The first-order valence-electron chi connectivity index (χ1n) is 6.73. The number of benzene rings is 2. The molecule has 0 heterocycles. The molecule has 0 aliphatic heterocycles. The van der Waals surface area contributed by atoms with Gasteiger partial charge in [0.25, 0.3) is 0 Å². The molecule has 0 amide bonds. The fourth-order valence-electron chi connectivity index (χ4n) is 2.23. The molecule has 0 aliphatic carbocycles. The molecule has 0 spiro atoms. The molecule has 3 N–H and O–H groups in total. The zero-order chi connectivity index (χ0) is 13.7. The molecule has 2 nitrogen and oxygen atoms in total. The fourth-order valence-corrected chi connectivity index (χ4v) is 2.23. The molecule has 0 aromatic heterocycles. The molecule has 0 bridgehead atoms. The van der Waals surface area contributed by atoms with Crippen LogP contribution in [-0.4, -0.2) is 12.6 Å². The van der Waals surface area contributed by atoms with E-state index in [0.717, 1.165) is 12.2 Å². The molecule has 0 fully saturated rings. The maximum atomic E-state index is 5.94. The zero-order valence-electron chi connectivity index (χ0n) is 12.1. The van der Waals surface area contributed by atoms with E-state index in [2.05, 4.69) is 62.0 Å². The van der Waals surface area contributed by atoms with Crippen molar-refractivity contribution >= 4 is 0 Å². The molecule has 0 radical (unpaired) electrons. The molecule has 0 saturated heterocycles. The van der Waals surface area contributed by atoms with Crippen LogP contribution in [0.2, 0.25) is 0 Å². The van der Waals surface area contributed by atoms with Gasteiger partial charge in [0, 0.05) is 6.42 Å². The van der Waals surface area contributed by atoms with E-state index >= 15 is 0 Å². The van der Waals surface area contributed by atoms with Gasteiger partial charge in [-0.3, -0.25) is 0 Å². The summed E-state index contributed by atoms with van der Waals surface area (Å²) < 4.78 is 5.94. The van der Waals surface area contributed by atoms with Gasteiger partial charge in [0.05, 0.1) is 0 Å². The molecule has 0 saturated carbocycles. The van der Waals surface area contributed by atoms with E-state index in [1.165, 1.54) is 16.7 Å². The van der Waals surface area contributed by atoms with Crippen molar-refractivity contribution < 1.29 is 22.9 Å². The second-order valence-electron chi connectivity index (χ2n) is 5.09. The van der Waals surface area contributed by atoms with E-state index in [1.54, 1.807) is 0 Å². The summed E-state index contributed by atoms with van der Waals surface area (Å²) in [7, 11) is 0. The molecule has 108 valence electrons. The Bertz CT molecular complexity index is 508.